The molecule has 0 aliphatic carbocycles. The normalized spacial score (nSPS) is 7.20. The zero-order valence-corrected chi connectivity index (χ0v) is 13.0. The molecular weight excluding hydrogens is 338 g/mol. The van der Waals surface area contributed by atoms with Gasteiger partial charge in [-0.05, 0) is 27.7 Å². The largest absolute Gasteiger partial charge is 0.394 e. The van der Waals surface area contributed by atoms with Gasteiger partial charge in [0.25, 0.3) is 0 Å². The van der Waals surface area contributed by atoms with E-state index in [0.29, 0.717) is 0 Å². The monoisotopic (exact) mass is 354 g/mol. The Morgan fingerprint density at radius 3 is 0.800 bits per heavy atom. The van der Waals surface area contributed by atoms with Crippen LogP contribution in [0.2, 0.25) is 0 Å². The summed E-state index contributed by atoms with van der Waals surface area (Å²) < 4.78 is 0. The van der Waals surface area contributed by atoms with Crippen LogP contribution in [0.4, 0.5) is 0 Å². The van der Waals surface area contributed by atoms with Crippen molar-refractivity contribution in [1.29, 1.82) is 0 Å². The molecule has 0 amide bonds. The second kappa shape index (κ2) is 17.2. The fourth-order valence-corrected chi connectivity index (χ4v) is 0. The predicted molar refractivity (Wildman–Crippen MR) is 34.7 cm³/mol. The smallest absolute Gasteiger partial charge is 0.0483 e. The van der Waals surface area contributed by atoms with E-state index in [0.717, 1.165) is 0 Å². The van der Waals surface area contributed by atoms with Gasteiger partial charge in [-0.15, -0.1) is 0 Å². The van der Waals surface area contributed by atoms with Crippen LogP contribution in [0.25, 0.3) is 0 Å². The quantitative estimate of drug-likeness (QED) is 0.632. The Labute approximate surface area is 112 Å². The molecule has 0 atom stereocenters. The van der Waals surface area contributed by atoms with Crippen LogP contribution in [0.3, 0.4) is 0 Å². The van der Waals surface area contributed by atoms with Gasteiger partial charge in [0.1, 0.15) is 0 Å². The molecule has 0 fully saturated rings. The summed E-state index contributed by atoms with van der Waals surface area (Å²) in [7, 11) is 0. The second-order valence-corrected chi connectivity index (χ2v) is 2.19. The third kappa shape index (κ3) is 199. The third-order valence-corrected chi connectivity index (χ3v) is 0. The van der Waals surface area contributed by atoms with Crippen molar-refractivity contribution < 1.29 is 73.9 Å². The minimum atomic E-state index is -0.167. The maximum atomic E-state index is 8.06. The van der Waals surface area contributed by atoms with Crippen molar-refractivity contribution in [2.75, 3.05) is 0 Å². The van der Waals surface area contributed by atoms with Crippen LogP contribution in [-0.2, 0) is 22.4 Å². The van der Waals surface area contributed by atoms with Gasteiger partial charge in [0.2, 0.25) is 0 Å². The van der Waals surface area contributed by atoms with Gasteiger partial charge in [-0.1, -0.05) is 0 Å². The molecule has 0 spiro atoms. The first kappa shape index (κ1) is 22.7. The number of hydrogen-bond donors (Lipinski definition) is 2. The van der Waals surface area contributed by atoms with Crippen LogP contribution in [0, 0.1) is 41.3 Å². The molecule has 0 heterocycles. The molecule has 0 saturated heterocycles. The third-order valence-electron chi connectivity index (χ3n) is 0. The van der Waals surface area contributed by atoms with Gasteiger partial charge < -0.3 is 10.2 Å². The van der Waals surface area contributed by atoms with Crippen molar-refractivity contribution in [3.05, 3.63) is 0 Å². The van der Waals surface area contributed by atoms with Crippen molar-refractivity contribution in [1.82, 2.24) is 0 Å². The molecule has 2 nitrogen and oxygen atoms in total. The maximum absolute atomic E-state index is 8.06. The van der Waals surface area contributed by atoms with E-state index in [1.807, 2.05) is 0 Å². The van der Waals surface area contributed by atoms with E-state index in [1.54, 1.807) is 27.7 Å². The van der Waals surface area contributed by atoms with Crippen molar-refractivity contribution >= 4 is 0 Å². The van der Waals surface area contributed by atoms with Gasteiger partial charge in [-0.25, -0.2) is 0 Å². The van der Waals surface area contributed by atoms with Gasteiger partial charge in [0.15, 0.2) is 0 Å². The van der Waals surface area contributed by atoms with Crippen LogP contribution in [-0.4, -0.2) is 22.4 Å². The maximum Gasteiger partial charge on any atom is 0.0483 e. The topological polar surface area (TPSA) is 40.5 Å². The van der Waals surface area contributed by atoms with Gasteiger partial charge in [-0.3, -0.25) is 0 Å². The molecule has 0 aromatic rings. The average Bonchev–Trinajstić information content (AvgIpc) is 1.25. The molecular formula is C6H16NbO2Pr. The molecule has 2 radical (unpaired) electrons. The minimum absolute atomic E-state index is 0. The van der Waals surface area contributed by atoms with E-state index in [1.165, 1.54) is 0 Å². The van der Waals surface area contributed by atoms with Gasteiger partial charge >= 0.3 is 0 Å². The molecule has 10 heavy (non-hydrogen) atoms. The summed E-state index contributed by atoms with van der Waals surface area (Å²) in [6, 6.07) is 0. The first-order chi connectivity index (χ1) is 3.46. The van der Waals surface area contributed by atoms with Crippen molar-refractivity contribution in [2.24, 2.45) is 0 Å². The zero-order valence-electron chi connectivity index (χ0n) is 7.07. The van der Waals surface area contributed by atoms with E-state index in [2.05, 4.69) is 0 Å². The molecule has 0 saturated carbocycles. The molecule has 0 aliphatic heterocycles. The summed E-state index contributed by atoms with van der Waals surface area (Å²) in [5, 5.41) is 16.1. The van der Waals surface area contributed by atoms with Gasteiger partial charge in [-0.2, -0.15) is 0 Å². The molecule has 60 valence electrons. The summed E-state index contributed by atoms with van der Waals surface area (Å²) in [6.45, 7) is 6.89. The summed E-state index contributed by atoms with van der Waals surface area (Å²) >= 11 is 0. The van der Waals surface area contributed by atoms with E-state index in [-0.39, 0.29) is 75.9 Å². The Morgan fingerprint density at radius 2 is 0.800 bits per heavy atom. The standard InChI is InChI=1S/2C3H8O.Nb.Pr/c2*1-3(2)4;;/h2*3-4H,1-2H3;;. The van der Waals surface area contributed by atoms with Gasteiger partial charge in [0.05, 0.1) is 0 Å². The Bertz CT molecular complexity index is 31.2. The van der Waals surface area contributed by atoms with Crippen molar-refractivity contribution in [3.8, 4) is 0 Å². The predicted octanol–water partition coefficient (Wildman–Crippen LogP) is 0.772. The Kier molecular flexibility index (Phi) is 39.0. The second-order valence-electron chi connectivity index (χ2n) is 2.19. The fourth-order valence-electron chi connectivity index (χ4n) is 0. The Balaban J connectivity index is -0.0000000300. The van der Waals surface area contributed by atoms with E-state index in [4.69, 9.17) is 10.2 Å². The van der Waals surface area contributed by atoms with Crippen LogP contribution in [0.5, 0.6) is 0 Å². The zero-order chi connectivity index (χ0) is 7.15. The number of aliphatic hydroxyl groups excluding tert-OH is 2. The van der Waals surface area contributed by atoms with Crippen LogP contribution in [0.15, 0.2) is 0 Å². The Morgan fingerprint density at radius 1 is 0.800 bits per heavy atom. The molecule has 0 aromatic carbocycles. The molecule has 0 rings (SSSR count). The van der Waals surface area contributed by atoms with Crippen molar-refractivity contribution in [3.63, 3.8) is 0 Å². The van der Waals surface area contributed by atoms with Crippen LogP contribution < -0.4 is 0 Å². The van der Waals surface area contributed by atoms with Gasteiger partial charge in [0, 0.05) is 75.9 Å². The SMILES string of the molecule is CC(C)O.CC(C)O.[Nb].[Pr]. The summed E-state index contributed by atoms with van der Waals surface area (Å²) in [4.78, 5) is 0. The molecule has 0 aliphatic rings. The molecule has 2 N–H and O–H groups in total. The average molecular weight is 354 g/mol. The van der Waals surface area contributed by atoms with Crippen molar-refractivity contribution in [2.45, 2.75) is 39.9 Å². The minimum Gasteiger partial charge on any atom is -0.394 e. The molecule has 0 aromatic heterocycles. The first-order valence-electron chi connectivity index (χ1n) is 2.83. The van der Waals surface area contributed by atoms with E-state index >= 15 is 0 Å². The molecule has 4 heteroatoms. The molecule has 0 bridgehead atoms. The summed E-state index contributed by atoms with van der Waals surface area (Å²) in [5.74, 6) is 0. The molecule has 0 unspecified atom stereocenters. The first-order valence-corrected chi connectivity index (χ1v) is 2.83. The Hall–Kier alpha value is 2.02. The van der Waals surface area contributed by atoms with Crippen LogP contribution in [0.1, 0.15) is 27.7 Å². The summed E-state index contributed by atoms with van der Waals surface area (Å²) in [6.07, 6.45) is -0.333. The van der Waals surface area contributed by atoms with Crippen LogP contribution >= 0.6 is 0 Å². The van der Waals surface area contributed by atoms with E-state index < -0.39 is 0 Å². The number of aliphatic hydroxyl groups is 2. The fraction of sp³-hybridized carbons (Fsp3) is 1.00. The number of rotatable bonds is 0. The van der Waals surface area contributed by atoms with E-state index in [9.17, 15) is 0 Å². The summed E-state index contributed by atoms with van der Waals surface area (Å²) in [5.41, 5.74) is 0. The number of hydrogen-bond acceptors (Lipinski definition) is 2.